The zero-order chi connectivity index (χ0) is 20.4. The van der Waals surface area contributed by atoms with E-state index < -0.39 is 11.9 Å². The van der Waals surface area contributed by atoms with Crippen molar-refractivity contribution >= 4 is 61.0 Å². The maximum Gasteiger partial charge on any atom is 0.433 e. The Labute approximate surface area is 175 Å². The molecular formula is C14H16BrFN6O4S2. The second-order valence-corrected chi connectivity index (χ2v) is 8.42. The van der Waals surface area contributed by atoms with Gasteiger partial charge in [-0.1, -0.05) is 26.7 Å². The number of amidine groups is 1. The van der Waals surface area contributed by atoms with Crippen LogP contribution in [0.25, 0.3) is 0 Å². The van der Waals surface area contributed by atoms with Gasteiger partial charge in [-0.05, 0) is 44.4 Å². The van der Waals surface area contributed by atoms with E-state index in [1.54, 1.807) is 0 Å². The third-order valence-corrected chi connectivity index (χ3v) is 5.85. The van der Waals surface area contributed by atoms with Crippen LogP contribution in [0.15, 0.2) is 32.5 Å². The minimum Gasteiger partial charge on any atom is -0.395 e. The predicted molar refractivity (Wildman–Crippen MR) is 109 cm³/mol. The number of aliphatic hydroxyl groups excluding tert-OH is 1. The average Bonchev–Trinajstić information content (AvgIpc) is 3.10. The van der Waals surface area contributed by atoms with Gasteiger partial charge >= 0.3 is 6.09 Å². The van der Waals surface area contributed by atoms with Crippen LogP contribution in [0.2, 0.25) is 0 Å². The first kappa shape index (κ1) is 22.3. The van der Waals surface area contributed by atoms with Gasteiger partial charge in [-0.25, -0.2) is 13.8 Å². The molecule has 152 valence electrons. The number of aliphatic hydroxyl groups is 1. The van der Waals surface area contributed by atoms with E-state index in [2.05, 4.69) is 46.7 Å². The molecule has 0 spiro atoms. The monoisotopic (exact) mass is 494 g/mol. The lowest BCUT2D eigenvalue weighted by atomic mass is 10.3. The van der Waals surface area contributed by atoms with Crippen LogP contribution in [0, 0.1) is 5.82 Å². The number of nitrogens with one attached hydrogen (secondary N) is 2. The molecule has 0 bridgehead atoms. The van der Waals surface area contributed by atoms with Crippen LogP contribution in [-0.2, 0) is 4.84 Å². The summed E-state index contributed by atoms with van der Waals surface area (Å²) >= 11 is 3.07. The number of nitrogens with two attached hydrogens (primary N) is 1. The number of nitrogens with zero attached hydrogens (tertiary/aromatic N) is 3. The van der Waals surface area contributed by atoms with Gasteiger partial charge in [0.2, 0.25) is 5.84 Å². The fourth-order valence-electron chi connectivity index (χ4n) is 1.66. The first-order valence-corrected chi connectivity index (χ1v) is 11.0. The number of carbonyl (C=O) groups is 1. The van der Waals surface area contributed by atoms with Crippen LogP contribution in [0.3, 0.4) is 0 Å². The van der Waals surface area contributed by atoms with E-state index in [4.69, 9.17) is 15.7 Å². The molecule has 5 N–H and O–H groups in total. The van der Waals surface area contributed by atoms with Gasteiger partial charge in [0.15, 0.2) is 11.5 Å². The van der Waals surface area contributed by atoms with Crippen molar-refractivity contribution in [1.82, 2.24) is 15.6 Å². The summed E-state index contributed by atoms with van der Waals surface area (Å²) in [7, 11) is 3.00. The average molecular weight is 495 g/mol. The summed E-state index contributed by atoms with van der Waals surface area (Å²) < 4.78 is 18.1. The number of hydrogen-bond donors (Lipinski definition) is 4. The van der Waals surface area contributed by atoms with Gasteiger partial charge in [0.05, 0.1) is 11.1 Å². The molecule has 0 saturated carbocycles. The Morgan fingerprint density at radius 1 is 1.39 bits per heavy atom. The minimum atomic E-state index is -0.789. The van der Waals surface area contributed by atoms with Gasteiger partial charge in [0.1, 0.15) is 5.82 Å². The highest BCUT2D eigenvalue weighted by Gasteiger charge is 2.17. The molecule has 28 heavy (non-hydrogen) atoms. The van der Waals surface area contributed by atoms with Crippen LogP contribution in [0.5, 0.6) is 0 Å². The highest BCUT2D eigenvalue weighted by atomic mass is 79.9. The van der Waals surface area contributed by atoms with E-state index in [0.717, 1.165) is 0 Å². The summed E-state index contributed by atoms with van der Waals surface area (Å²) in [6.45, 7) is 0.446. The molecule has 1 aromatic heterocycles. The predicted octanol–water partition coefficient (Wildman–Crippen LogP) is 2.43. The lowest BCUT2D eigenvalue weighted by molar-refractivity contribution is 0.151. The van der Waals surface area contributed by atoms with Crippen LogP contribution >= 0.6 is 37.5 Å². The summed E-state index contributed by atoms with van der Waals surface area (Å²) in [5.41, 5.74) is 6.10. The van der Waals surface area contributed by atoms with Crippen LogP contribution in [0.1, 0.15) is 5.69 Å². The molecule has 0 aliphatic carbocycles. The number of rotatable bonds is 9. The fraction of sp³-hybridized carbons (Fsp3) is 0.286. The normalized spacial score (nSPS) is 11.3. The highest BCUT2D eigenvalue weighted by molar-refractivity contribution is 9.10. The smallest absolute Gasteiger partial charge is 0.395 e. The summed E-state index contributed by atoms with van der Waals surface area (Å²) in [4.78, 5) is 16.6. The van der Waals surface area contributed by atoms with Crippen molar-refractivity contribution in [2.24, 2.45) is 5.16 Å². The molecule has 2 aromatic rings. The lowest BCUT2D eigenvalue weighted by Crippen LogP contribution is -2.26. The number of hydrogen-bond acceptors (Lipinski definition) is 10. The molecule has 10 nitrogen and oxygen atoms in total. The van der Waals surface area contributed by atoms with Crippen LogP contribution in [0.4, 0.5) is 20.7 Å². The molecule has 0 aliphatic rings. The fourth-order valence-corrected chi connectivity index (χ4v) is 3.72. The van der Waals surface area contributed by atoms with E-state index in [1.807, 2.05) is 0 Å². The zero-order valence-corrected chi connectivity index (χ0v) is 17.4. The number of halogens is 2. The Morgan fingerprint density at radius 2 is 2.18 bits per heavy atom. The summed E-state index contributed by atoms with van der Waals surface area (Å²) in [6, 6.07) is 4.13. The molecule has 1 heterocycles. The maximum absolute atomic E-state index is 13.4. The van der Waals surface area contributed by atoms with Gasteiger partial charge < -0.3 is 21.5 Å². The molecule has 0 saturated heterocycles. The zero-order valence-electron chi connectivity index (χ0n) is 14.2. The molecule has 0 radical (unpaired) electrons. The Hall–Kier alpha value is -2.03. The number of carbonyl (C=O) groups excluding carboxylic acids is 1. The van der Waals surface area contributed by atoms with E-state index in [1.165, 1.54) is 39.8 Å². The topological polar surface area (TPSA) is 148 Å². The van der Waals surface area contributed by atoms with E-state index in [0.29, 0.717) is 23.7 Å². The number of anilines is 2. The second kappa shape index (κ2) is 11.7. The standard InChI is InChI=1S/C14H16BrFN6O4S2/c15-9-7-8(1-2-10(9)16)19-13(11-12(17)21-26-20-11)22-25-14(24)18-3-5-27-28-6-4-23/h1-2,7,23H,3-6H2,(H2,17,21)(H,18,24)(H,19,22). The van der Waals surface area contributed by atoms with Crippen LogP contribution < -0.4 is 16.4 Å². The van der Waals surface area contributed by atoms with E-state index in [9.17, 15) is 9.18 Å². The molecular weight excluding hydrogens is 479 g/mol. The molecule has 2 rings (SSSR count). The van der Waals surface area contributed by atoms with Crippen molar-refractivity contribution in [3.63, 3.8) is 0 Å². The van der Waals surface area contributed by atoms with Crippen molar-refractivity contribution in [2.45, 2.75) is 0 Å². The third kappa shape index (κ3) is 7.18. The van der Waals surface area contributed by atoms with Gasteiger partial charge in [0.25, 0.3) is 0 Å². The molecule has 1 aromatic carbocycles. The molecule has 0 unspecified atom stereocenters. The molecule has 0 fully saturated rings. The number of benzene rings is 1. The third-order valence-electron chi connectivity index (χ3n) is 2.85. The highest BCUT2D eigenvalue weighted by Crippen LogP contribution is 2.21. The Morgan fingerprint density at radius 3 is 2.86 bits per heavy atom. The molecule has 0 aliphatic heterocycles. The lowest BCUT2D eigenvalue weighted by Gasteiger charge is -2.08. The Balaban J connectivity index is 1.98. The van der Waals surface area contributed by atoms with Crippen LogP contribution in [-0.4, -0.2) is 52.0 Å². The number of aromatic nitrogens is 2. The second-order valence-electron chi connectivity index (χ2n) is 4.86. The first-order chi connectivity index (χ1) is 13.5. The molecule has 0 atom stereocenters. The Kier molecular flexibility index (Phi) is 9.33. The van der Waals surface area contributed by atoms with Gasteiger partial charge in [0, 0.05) is 23.7 Å². The summed E-state index contributed by atoms with van der Waals surface area (Å²) in [6.07, 6.45) is -0.789. The summed E-state index contributed by atoms with van der Waals surface area (Å²) in [5, 5.41) is 24.8. The SMILES string of the molecule is Nc1nonc1/C(=N/OC(=O)NCCSSCCO)Nc1ccc(F)c(Br)c1. The number of nitrogen functional groups attached to an aromatic ring is 1. The Bertz CT molecular complexity index is 825. The molecule has 1 amide bonds. The van der Waals surface area contributed by atoms with E-state index in [-0.39, 0.29) is 28.4 Å². The van der Waals surface area contributed by atoms with Gasteiger partial charge in [-0.3, -0.25) is 4.84 Å². The maximum atomic E-state index is 13.4. The minimum absolute atomic E-state index is 0.0178. The van der Waals surface area contributed by atoms with Crippen molar-refractivity contribution in [3.05, 3.63) is 34.2 Å². The largest absolute Gasteiger partial charge is 0.433 e. The molecule has 14 heteroatoms. The number of oxime groups is 1. The van der Waals surface area contributed by atoms with Crippen molar-refractivity contribution < 1.29 is 23.8 Å². The van der Waals surface area contributed by atoms with Crippen molar-refractivity contribution in [1.29, 1.82) is 0 Å². The van der Waals surface area contributed by atoms with Crippen molar-refractivity contribution in [3.8, 4) is 0 Å². The van der Waals surface area contributed by atoms with Gasteiger partial charge in [-0.2, -0.15) is 0 Å². The number of amides is 1. The van der Waals surface area contributed by atoms with E-state index >= 15 is 0 Å². The summed E-state index contributed by atoms with van der Waals surface area (Å²) in [5.74, 6) is 0.658. The van der Waals surface area contributed by atoms with Gasteiger partial charge in [-0.15, -0.1) is 0 Å². The van der Waals surface area contributed by atoms with Crippen molar-refractivity contribution in [2.75, 3.05) is 35.7 Å². The quantitative estimate of drug-likeness (QED) is 0.102. The first-order valence-electron chi connectivity index (χ1n) is 7.70.